The molecule has 1 N–H and O–H groups in total. The maximum atomic E-state index is 10.0. The van der Waals surface area contributed by atoms with Gasteiger partial charge in [-0.25, -0.2) is 0 Å². The lowest BCUT2D eigenvalue weighted by molar-refractivity contribution is 0.166. The van der Waals surface area contributed by atoms with E-state index in [1.807, 2.05) is 30.3 Å². The van der Waals surface area contributed by atoms with Crippen LogP contribution in [0.5, 0.6) is 0 Å². The highest BCUT2D eigenvalue weighted by Gasteiger charge is 2.05. The summed E-state index contributed by atoms with van der Waals surface area (Å²) in [7, 11) is 0. The zero-order valence-corrected chi connectivity index (χ0v) is 12.5. The van der Waals surface area contributed by atoms with E-state index >= 15 is 0 Å². The number of hydrogen-bond acceptors (Lipinski definition) is 1. The van der Waals surface area contributed by atoms with Crippen LogP contribution in [-0.2, 0) is 6.42 Å². The van der Waals surface area contributed by atoms with E-state index in [1.54, 1.807) is 0 Å². The van der Waals surface area contributed by atoms with Crippen LogP contribution in [0.15, 0.2) is 54.6 Å². The van der Waals surface area contributed by atoms with Gasteiger partial charge in [-0.05, 0) is 36.1 Å². The maximum absolute atomic E-state index is 10.0. The fourth-order valence-corrected chi connectivity index (χ4v) is 2.28. The molecular formula is C20H22O. The van der Waals surface area contributed by atoms with Gasteiger partial charge in [0.25, 0.3) is 0 Å². The molecule has 0 aliphatic heterocycles. The monoisotopic (exact) mass is 278 g/mol. The minimum atomic E-state index is -0.374. The van der Waals surface area contributed by atoms with Crippen molar-refractivity contribution in [3.8, 4) is 11.8 Å². The Morgan fingerprint density at radius 1 is 1.05 bits per heavy atom. The van der Waals surface area contributed by atoms with Crippen molar-refractivity contribution in [3.63, 3.8) is 0 Å². The van der Waals surface area contributed by atoms with Gasteiger partial charge in [0.1, 0.15) is 0 Å². The van der Waals surface area contributed by atoms with Crippen molar-refractivity contribution in [2.75, 3.05) is 0 Å². The van der Waals surface area contributed by atoms with Crippen molar-refractivity contribution in [1.29, 1.82) is 0 Å². The molecule has 0 aromatic heterocycles. The highest BCUT2D eigenvalue weighted by Crippen LogP contribution is 2.18. The van der Waals surface area contributed by atoms with Gasteiger partial charge < -0.3 is 5.11 Å². The minimum absolute atomic E-state index is 0.374. The van der Waals surface area contributed by atoms with E-state index in [0.29, 0.717) is 0 Å². The van der Waals surface area contributed by atoms with Crippen LogP contribution in [0.4, 0.5) is 0 Å². The molecule has 0 aliphatic carbocycles. The predicted molar refractivity (Wildman–Crippen MR) is 88.0 cm³/mol. The van der Waals surface area contributed by atoms with E-state index in [4.69, 9.17) is 0 Å². The summed E-state index contributed by atoms with van der Waals surface area (Å²) in [6.07, 6.45) is 3.23. The van der Waals surface area contributed by atoms with Crippen molar-refractivity contribution in [1.82, 2.24) is 0 Å². The summed E-state index contributed by atoms with van der Waals surface area (Å²) in [6, 6.07) is 18.3. The maximum Gasteiger partial charge on any atom is 0.0790 e. The van der Waals surface area contributed by atoms with Crippen LogP contribution in [0.25, 0.3) is 0 Å². The predicted octanol–water partition coefficient (Wildman–Crippen LogP) is 4.50. The van der Waals surface area contributed by atoms with Crippen LogP contribution in [0.3, 0.4) is 0 Å². The second kappa shape index (κ2) is 8.29. The molecule has 0 radical (unpaired) electrons. The second-order valence-corrected chi connectivity index (χ2v) is 5.22. The third-order valence-electron chi connectivity index (χ3n) is 3.45. The quantitative estimate of drug-likeness (QED) is 0.798. The molecule has 21 heavy (non-hydrogen) atoms. The number of rotatable bonds is 5. The Bertz CT molecular complexity index is 604. The first-order valence-corrected chi connectivity index (χ1v) is 7.60. The van der Waals surface area contributed by atoms with Gasteiger partial charge in [0.05, 0.1) is 6.10 Å². The molecule has 0 amide bonds. The van der Waals surface area contributed by atoms with Crippen molar-refractivity contribution in [3.05, 3.63) is 71.3 Å². The van der Waals surface area contributed by atoms with Gasteiger partial charge >= 0.3 is 0 Å². The topological polar surface area (TPSA) is 20.2 Å². The molecule has 0 aliphatic rings. The van der Waals surface area contributed by atoms with Crippen molar-refractivity contribution >= 4 is 0 Å². The zero-order chi connectivity index (χ0) is 14.9. The molecule has 0 bridgehead atoms. The summed E-state index contributed by atoms with van der Waals surface area (Å²) in [5, 5.41) is 10.0. The normalized spacial score (nSPS) is 11.5. The molecule has 108 valence electrons. The summed E-state index contributed by atoms with van der Waals surface area (Å²) >= 11 is 0. The summed E-state index contributed by atoms with van der Waals surface area (Å²) in [5.41, 5.74) is 3.27. The van der Waals surface area contributed by atoms with E-state index in [1.165, 1.54) is 5.56 Å². The van der Waals surface area contributed by atoms with E-state index in [-0.39, 0.29) is 6.10 Å². The fourth-order valence-electron chi connectivity index (χ4n) is 2.28. The minimum Gasteiger partial charge on any atom is -0.388 e. The zero-order valence-electron chi connectivity index (χ0n) is 12.5. The van der Waals surface area contributed by atoms with Gasteiger partial charge in [-0.1, -0.05) is 67.6 Å². The Hall–Kier alpha value is -2.04. The highest BCUT2D eigenvalue weighted by atomic mass is 16.3. The lowest BCUT2D eigenvalue weighted by Crippen LogP contribution is -1.96. The Kier molecular flexibility index (Phi) is 6.06. The number of hydrogen-bond donors (Lipinski definition) is 1. The molecule has 1 unspecified atom stereocenters. The largest absolute Gasteiger partial charge is 0.388 e. The van der Waals surface area contributed by atoms with Crippen LogP contribution >= 0.6 is 0 Å². The first-order valence-electron chi connectivity index (χ1n) is 7.60. The van der Waals surface area contributed by atoms with Gasteiger partial charge in [-0.3, -0.25) is 0 Å². The summed E-state index contributed by atoms with van der Waals surface area (Å²) < 4.78 is 0. The van der Waals surface area contributed by atoms with Gasteiger partial charge in [0, 0.05) is 12.0 Å². The summed E-state index contributed by atoms with van der Waals surface area (Å²) in [4.78, 5) is 0. The molecule has 1 heteroatoms. The average molecular weight is 278 g/mol. The number of aliphatic hydroxyl groups is 1. The lowest BCUT2D eigenvalue weighted by atomic mass is 10.0. The Labute approximate surface area is 127 Å². The molecule has 0 heterocycles. The van der Waals surface area contributed by atoms with Crippen molar-refractivity contribution in [2.24, 2.45) is 0 Å². The molecule has 0 spiro atoms. The molecule has 2 rings (SSSR count). The molecule has 0 saturated carbocycles. The standard InChI is InChI=1S/C20H22O/c1-2-9-20(21)19-15-8-14-18(16-19)13-7-6-12-17-10-4-3-5-11-17/h3-5,8,10-11,14-16,20-21H,2,6,9,12H2,1H3. The van der Waals surface area contributed by atoms with E-state index in [0.717, 1.165) is 36.8 Å². The van der Waals surface area contributed by atoms with Gasteiger partial charge in [-0.2, -0.15) is 0 Å². The van der Waals surface area contributed by atoms with Crippen LogP contribution in [0.2, 0.25) is 0 Å². The third-order valence-corrected chi connectivity index (χ3v) is 3.45. The fraction of sp³-hybridized carbons (Fsp3) is 0.300. The summed E-state index contributed by atoms with van der Waals surface area (Å²) in [5.74, 6) is 6.41. The van der Waals surface area contributed by atoms with Crippen LogP contribution in [0.1, 0.15) is 49.0 Å². The molecule has 0 saturated heterocycles. The number of aryl methyl sites for hydroxylation is 1. The van der Waals surface area contributed by atoms with Crippen LogP contribution in [0, 0.1) is 11.8 Å². The molecule has 1 atom stereocenters. The van der Waals surface area contributed by atoms with E-state index in [9.17, 15) is 5.11 Å². The molecular weight excluding hydrogens is 256 g/mol. The SMILES string of the molecule is CCCC(O)c1cccc(C#CCCc2ccccc2)c1. The van der Waals surface area contributed by atoms with Crippen LogP contribution < -0.4 is 0 Å². The van der Waals surface area contributed by atoms with Crippen LogP contribution in [-0.4, -0.2) is 5.11 Å². The summed E-state index contributed by atoms with van der Waals surface area (Å²) in [6.45, 7) is 2.08. The number of aliphatic hydroxyl groups excluding tert-OH is 1. The average Bonchev–Trinajstić information content (AvgIpc) is 2.53. The molecule has 1 nitrogen and oxygen atoms in total. The molecule has 0 fully saturated rings. The van der Waals surface area contributed by atoms with Crippen molar-refractivity contribution < 1.29 is 5.11 Å². The molecule has 2 aromatic carbocycles. The van der Waals surface area contributed by atoms with Crippen molar-refractivity contribution in [2.45, 2.75) is 38.7 Å². The Balaban J connectivity index is 1.94. The van der Waals surface area contributed by atoms with Gasteiger partial charge in [0.2, 0.25) is 0 Å². The van der Waals surface area contributed by atoms with E-state index in [2.05, 4.69) is 43.0 Å². The smallest absolute Gasteiger partial charge is 0.0790 e. The lowest BCUT2D eigenvalue weighted by Gasteiger charge is -2.09. The Morgan fingerprint density at radius 3 is 2.62 bits per heavy atom. The van der Waals surface area contributed by atoms with Gasteiger partial charge in [0.15, 0.2) is 0 Å². The van der Waals surface area contributed by atoms with Gasteiger partial charge in [-0.15, -0.1) is 0 Å². The number of benzene rings is 2. The molecule has 2 aromatic rings. The highest BCUT2D eigenvalue weighted by molar-refractivity contribution is 5.38. The third kappa shape index (κ3) is 5.10. The first kappa shape index (κ1) is 15.4. The second-order valence-electron chi connectivity index (χ2n) is 5.22. The van der Waals surface area contributed by atoms with E-state index < -0.39 is 0 Å². The Morgan fingerprint density at radius 2 is 1.86 bits per heavy atom. The first-order chi connectivity index (χ1) is 10.3.